The molecule has 0 bridgehead atoms. The van der Waals surface area contributed by atoms with Crippen LogP contribution in [-0.4, -0.2) is 18.4 Å². The van der Waals surface area contributed by atoms with Gasteiger partial charge in [0.15, 0.2) is 5.78 Å². The number of furan rings is 1. The second kappa shape index (κ2) is 4.21. The molecule has 0 aromatic carbocycles. The average molecular weight is 276 g/mol. The third kappa shape index (κ3) is 1.54. The van der Waals surface area contributed by atoms with Crippen molar-refractivity contribution >= 4 is 11.8 Å². The standard InChI is InChI=1S/C16H20O4/c1-10-4-6-15(3)14(18)12-5-7-19-13(12)8-16(10,15)9-20-11(2)17/h5,7,10H,4,6,8-9H2,1-3H3. The molecule has 108 valence electrons. The van der Waals surface area contributed by atoms with Crippen molar-refractivity contribution in [2.75, 3.05) is 6.61 Å². The monoisotopic (exact) mass is 276 g/mol. The van der Waals surface area contributed by atoms with E-state index in [0.717, 1.165) is 18.6 Å². The van der Waals surface area contributed by atoms with Gasteiger partial charge in [0.2, 0.25) is 0 Å². The highest BCUT2D eigenvalue weighted by atomic mass is 16.5. The van der Waals surface area contributed by atoms with Crippen LogP contribution in [0.15, 0.2) is 16.7 Å². The van der Waals surface area contributed by atoms with E-state index in [1.165, 1.54) is 6.92 Å². The fourth-order valence-corrected chi connectivity index (χ4v) is 4.13. The van der Waals surface area contributed by atoms with E-state index in [9.17, 15) is 9.59 Å². The highest BCUT2D eigenvalue weighted by molar-refractivity contribution is 6.03. The molecular formula is C16H20O4. The molecule has 4 nitrogen and oxygen atoms in total. The van der Waals surface area contributed by atoms with Crippen molar-refractivity contribution in [3.63, 3.8) is 0 Å². The molecule has 20 heavy (non-hydrogen) atoms. The quantitative estimate of drug-likeness (QED) is 0.779. The zero-order valence-electron chi connectivity index (χ0n) is 12.2. The molecule has 1 aromatic heterocycles. The van der Waals surface area contributed by atoms with Crippen LogP contribution >= 0.6 is 0 Å². The lowest BCUT2D eigenvalue weighted by Gasteiger charge is -2.47. The number of carbonyl (C=O) groups is 2. The first kappa shape index (κ1) is 13.4. The third-order valence-electron chi connectivity index (χ3n) is 5.62. The van der Waals surface area contributed by atoms with Crippen LogP contribution in [0.1, 0.15) is 49.7 Å². The summed E-state index contributed by atoms with van der Waals surface area (Å²) in [6.07, 6.45) is 4.08. The Kier molecular flexibility index (Phi) is 2.82. The molecule has 1 fully saturated rings. The summed E-state index contributed by atoms with van der Waals surface area (Å²) in [6.45, 7) is 5.89. The van der Waals surface area contributed by atoms with Crippen LogP contribution in [0.4, 0.5) is 0 Å². The van der Waals surface area contributed by atoms with Crippen LogP contribution in [0.3, 0.4) is 0 Å². The minimum absolute atomic E-state index is 0.143. The maximum Gasteiger partial charge on any atom is 0.302 e. The molecule has 2 aliphatic carbocycles. The third-order valence-corrected chi connectivity index (χ3v) is 5.62. The Bertz CT molecular complexity index is 573. The second-order valence-electron chi connectivity index (χ2n) is 6.47. The Morgan fingerprint density at radius 1 is 1.55 bits per heavy atom. The van der Waals surface area contributed by atoms with Crippen LogP contribution < -0.4 is 0 Å². The van der Waals surface area contributed by atoms with Crippen LogP contribution in [-0.2, 0) is 16.0 Å². The van der Waals surface area contributed by atoms with E-state index in [-0.39, 0.29) is 17.2 Å². The molecule has 0 radical (unpaired) electrons. The van der Waals surface area contributed by atoms with Gasteiger partial charge in [0.1, 0.15) is 5.76 Å². The van der Waals surface area contributed by atoms with E-state index < -0.39 is 5.41 Å². The van der Waals surface area contributed by atoms with E-state index in [2.05, 4.69) is 6.92 Å². The maximum absolute atomic E-state index is 12.9. The lowest BCUT2D eigenvalue weighted by molar-refractivity contribution is -0.148. The van der Waals surface area contributed by atoms with Crippen molar-refractivity contribution in [2.45, 2.75) is 40.0 Å². The Balaban J connectivity index is 2.08. The van der Waals surface area contributed by atoms with Crippen molar-refractivity contribution in [3.8, 4) is 0 Å². The number of ether oxygens (including phenoxy) is 1. The average Bonchev–Trinajstić information content (AvgIpc) is 2.95. The molecule has 2 aliphatic rings. The molecule has 4 heteroatoms. The largest absolute Gasteiger partial charge is 0.469 e. The summed E-state index contributed by atoms with van der Waals surface area (Å²) >= 11 is 0. The molecule has 0 aliphatic heterocycles. The van der Waals surface area contributed by atoms with E-state index in [0.29, 0.717) is 24.5 Å². The number of ketones is 1. The minimum Gasteiger partial charge on any atom is -0.469 e. The second-order valence-corrected chi connectivity index (χ2v) is 6.47. The maximum atomic E-state index is 12.9. The van der Waals surface area contributed by atoms with Gasteiger partial charge in [-0.2, -0.15) is 0 Å². The first-order valence-corrected chi connectivity index (χ1v) is 7.15. The minimum atomic E-state index is -0.460. The van der Waals surface area contributed by atoms with Gasteiger partial charge < -0.3 is 9.15 Å². The molecule has 0 N–H and O–H groups in total. The number of Topliss-reactive ketones (excluding diaryl/α,β-unsaturated/α-hetero) is 1. The van der Waals surface area contributed by atoms with Gasteiger partial charge in [0, 0.05) is 24.2 Å². The molecule has 0 saturated heterocycles. The number of carbonyl (C=O) groups excluding carboxylic acids is 2. The fourth-order valence-electron chi connectivity index (χ4n) is 4.13. The summed E-state index contributed by atoms with van der Waals surface area (Å²) in [5.41, 5.74) is -0.0839. The number of esters is 1. The van der Waals surface area contributed by atoms with Gasteiger partial charge in [0.25, 0.3) is 0 Å². The van der Waals surface area contributed by atoms with Crippen molar-refractivity contribution in [2.24, 2.45) is 16.7 Å². The molecule has 3 atom stereocenters. The van der Waals surface area contributed by atoms with Gasteiger partial charge in [-0.25, -0.2) is 0 Å². The number of hydrogen-bond donors (Lipinski definition) is 0. The van der Waals surface area contributed by atoms with E-state index in [1.54, 1.807) is 12.3 Å². The van der Waals surface area contributed by atoms with Gasteiger partial charge in [0.05, 0.1) is 18.4 Å². The summed E-state index contributed by atoms with van der Waals surface area (Å²) in [5, 5.41) is 0. The molecule has 3 rings (SSSR count). The molecule has 3 unspecified atom stereocenters. The summed E-state index contributed by atoms with van der Waals surface area (Å²) in [4.78, 5) is 24.1. The van der Waals surface area contributed by atoms with Crippen molar-refractivity contribution in [1.82, 2.24) is 0 Å². The van der Waals surface area contributed by atoms with Gasteiger partial charge >= 0.3 is 5.97 Å². The first-order chi connectivity index (χ1) is 9.41. The van der Waals surface area contributed by atoms with Crippen LogP contribution in [0.2, 0.25) is 0 Å². The molecule has 1 heterocycles. The first-order valence-electron chi connectivity index (χ1n) is 7.15. The topological polar surface area (TPSA) is 56.5 Å². The molecule has 1 aromatic rings. The molecular weight excluding hydrogens is 256 g/mol. The number of hydrogen-bond acceptors (Lipinski definition) is 4. The zero-order valence-corrected chi connectivity index (χ0v) is 12.2. The Morgan fingerprint density at radius 2 is 2.30 bits per heavy atom. The fraction of sp³-hybridized carbons (Fsp3) is 0.625. The summed E-state index contributed by atoms with van der Waals surface area (Å²) in [7, 11) is 0. The lowest BCUT2D eigenvalue weighted by Crippen LogP contribution is -2.52. The number of fused-ring (bicyclic) bond motifs is 2. The highest BCUT2D eigenvalue weighted by Crippen LogP contribution is 2.61. The smallest absolute Gasteiger partial charge is 0.302 e. The Morgan fingerprint density at radius 3 is 3.00 bits per heavy atom. The van der Waals surface area contributed by atoms with Crippen LogP contribution in [0, 0.1) is 16.7 Å². The van der Waals surface area contributed by atoms with E-state index >= 15 is 0 Å². The summed E-state index contributed by atoms with van der Waals surface area (Å²) in [5.74, 6) is 0.921. The number of rotatable bonds is 2. The Labute approximate surface area is 118 Å². The summed E-state index contributed by atoms with van der Waals surface area (Å²) < 4.78 is 10.8. The zero-order chi connectivity index (χ0) is 14.5. The van der Waals surface area contributed by atoms with Crippen molar-refractivity contribution in [1.29, 1.82) is 0 Å². The van der Waals surface area contributed by atoms with E-state index in [1.807, 2.05) is 6.92 Å². The van der Waals surface area contributed by atoms with Crippen LogP contribution in [0.5, 0.6) is 0 Å². The van der Waals surface area contributed by atoms with E-state index in [4.69, 9.17) is 9.15 Å². The molecule has 0 spiro atoms. The Hall–Kier alpha value is -1.58. The van der Waals surface area contributed by atoms with Crippen molar-refractivity contribution in [3.05, 3.63) is 23.7 Å². The van der Waals surface area contributed by atoms with Crippen molar-refractivity contribution < 1.29 is 18.7 Å². The predicted molar refractivity (Wildman–Crippen MR) is 72.3 cm³/mol. The van der Waals surface area contributed by atoms with Gasteiger partial charge in [-0.05, 0) is 24.8 Å². The predicted octanol–water partition coefficient (Wildman–Crippen LogP) is 3.00. The molecule has 0 amide bonds. The normalized spacial score (nSPS) is 35.5. The lowest BCUT2D eigenvalue weighted by atomic mass is 9.56. The molecule has 1 saturated carbocycles. The highest BCUT2D eigenvalue weighted by Gasteiger charge is 2.63. The van der Waals surface area contributed by atoms with Gasteiger partial charge in [-0.15, -0.1) is 0 Å². The summed E-state index contributed by atoms with van der Waals surface area (Å²) in [6, 6.07) is 1.77. The van der Waals surface area contributed by atoms with Gasteiger partial charge in [-0.1, -0.05) is 13.8 Å². The van der Waals surface area contributed by atoms with Crippen LogP contribution in [0.25, 0.3) is 0 Å². The van der Waals surface area contributed by atoms with Gasteiger partial charge in [-0.3, -0.25) is 9.59 Å². The SMILES string of the molecule is CC(=O)OCC12Cc3occc3C(=O)C1(C)CCC2C.